The van der Waals surface area contributed by atoms with E-state index >= 15 is 0 Å². The monoisotopic (exact) mass is 379 g/mol. The van der Waals surface area contributed by atoms with Gasteiger partial charge in [0.25, 0.3) is 0 Å². The van der Waals surface area contributed by atoms with E-state index in [4.69, 9.17) is 0 Å². The fourth-order valence-electron chi connectivity index (χ4n) is 2.66. The number of halogens is 2. The Morgan fingerprint density at radius 3 is 2.24 bits per heavy atom. The Labute approximate surface area is 125 Å². The third-order valence-electron chi connectivity index (χ3n) is 4.66. The molecule has 1 aliphatic rings. The molecule has 2 rings (SSSR count). The van der Waals surface area contributed by atoms with Gasteiger partial charge in [-0.25, -0.2) is 0 Å². The topological polar surface area (TPSA) is 12.0 Å². The average Bonchev–Trinajstić information content (AvgIpc) is 2.50. The normalized spacial score (nSPS) is 21.8. The van der Waals surface area contributed by atoms with E-state index in [9.17, 15) is 0 Å². The zero-order chi connectivity index (χ0) is 12.8. The molecule has 17 heavy (non-hydrogen) atoms. The molecule has 0 spiro atoms. The van der Waals surface area contributed by atoms with Crippen molar-refractivity contribution in [2.24, 2.45) is 16.7 Å². The van der Waals surface area contributed by atoms with Crippen LogP contribution >= 0.6 is 43.2 Å². The molecule has 0 radical (unpaired) electrons. The number of hydrogen-bond donors (Lipinski definition) is 1. The number of thiophene rings is 1. The van der Waals surface area contributed by atoms with Gasteiger partial charge in [-0.05, 0) is 61.2 Å². The van der Waals surface area contributed by atoms with Crippen molar-refractivity contribution in [3.8, 4) is 0 Å². The minimum absolute atomic E-state index is 0.483. The van der Waals surface area contributed by atoms with E-state index in [1.54, 1.807) is 11.3 Å². The average molecular weight is 381 g/mol. The van der Waals surface area contributed by atoms with Gasteiger partial charge in [0.2, 0.25) is 0 Å². The van der Waals surface area contributed by atoms with Crippen LogP contribution in [0.25, 0.3) is 0 Å². The van der Waals surface area contributed by atoms with Gasteiger partial charge in [0, 0.05) is 15.9 Å². The largest absolute Gasteiger partial charge is 0.312 e. The molecule has 0 amide bonds. The van der Waals surface area contributed by atoms with Crippen molar-refractivity contribution in [3.63, 3.8) is 0 Å². The van der Waals surface area contributed by atoms with Crippen LogP contribution in [0, 0.1) is 16.7 Å². The third kappa shape index (κ3) is 2.51. The van der Waals surface area contributed by atoms with E-state index < -0.39 is 0 Å². The standard InChI is InChI=1S/C13H19Br2NS/c1-12(2)10(13(12,3)4)7-16-6-8-5-9(14)11(15)17-8/h5,10,16H,6-7H2,1-4H3. The third-order valence-corrected chi connectivity index (χ3v) is 7.92. The molecular weight excluding hydrogens is 362 g/mol. The summed E-state index contributed by atoms with van der Waals surface area (Å²) in [5.74, 6) is 0.793. The first-order valence-electron chi connectivity index (χ1n) is 5.91. The van der Waals surface area contributed by atoms with Gasteiger partial charge in [0.05, 0.1) is 3.79 Å². The Morgan fingerprint density at radius 2 is 1.82 bits per heavy atom. The van der Waals surface area contributed by atoms with Gasteiger partial charge in [-0.15, -0.1) is 11.3 Å². The summed E-state index contributed by atoms with van der Waals surface area (Å²) in [6, 6.07) is 2.19. The van der Waals surface area contributed by atoms with E-state index in [-0.39, 0.29) is 0 Å². The minimum Gasteiger partial charge on any atom is -0.312 e. The molecular formula is C13H19Br2NS. The molecule has 0 bridgehead atoms. The Morgan fingerprint density at radius 1 is 1.24 bits per heavy atom. The minimum atomic E-state index is 0.483. The van der Waals surface area contributed by atoms with Gasteiger partial charge in [0.1, 0.15) is 0 Å². The molecule has 0 atom stereocenters. The molecule has 1 saturated carbocycles. The van der Waals surface area contributed by atoms with Crippen molar-refractivity contribution in [1.82, 2.24) is 5.32 Å². The molecule has 0 unspecified atom stereocenters. The Balaban J connectivity index is 1.82. The highest BCUT2D eigenvalue weighted by molar-refractivity contribution is 9.13. The first-order chi connectivity index (χ1) is 7.76. The summed E-state index contributed by atoms with van der Waals surface area (Å²) < 4.78 is 2.34. The SMILES string of the molecule is CC1(C)C(CNCc2cc(Br)c(Br)s2)C1(C)C. The van der Waals surface area contributed by atoms with E-state index in [0.717, 1.165) is 23.5 Å². The van der Waals surface area contributed by atoms with Crippen LogP contribution in [-0.4, -0.2) is 6.54 Å². The number of hydrogen-bond acceptors (Lipinski definition) is 2. The Kier molecular flexibility index (Phi) is 3.82. The molecule has 1 fully saturated rings. The molecule has 1 aliphatic carbocycles. The highest BCUT2D eigenvalue weighted by atomic mass is 79.9. The predicted octanol–water partition coefficient (Wildman–Crippen LogP) is 5.04. The van der Waals surface area contributed by atoms with E-state index in [0.29, 0.717) is 10.8 Å². The van der Waals surface area contributed by atoms with Gasteiger partial charge in [-0.1, -0.05) is 27.7 Å². The predicted molar refractivity (Wildman–Crippen MR) is 82.5 cm³/mol. The van der Waals surface area contributed by atoms with Crippen molar-refractivity contribution in [2.75, 3.05) is 6.54 Å². The van der Waals surface area contributed by atoms with Crippen LogP contribution in [-0.2, 0) is 6.54 Å². The zero-order valence-corrected chi connectivity index (χ0v) is 14.7. The molecule has 0 aliphatic heterocycles. The van der Waals surface area contributed by atoms with Crippen LogP contribution in [0.15, 0.2) is 14.3 Å². The molecule has 1 aromatic heterocycles. The zero-order valence-electron chi connectivity index (χ0n) is 10.7. The fraction of sp³-hybridized carbons (Fsp3) is 0.692. The van der Waals surface area contributed by atoms with Crippen LogP contribution in [0.5, 0.6) is 0 Å². The lowest BCUT2D eigenvalue weighted by Gasteiger charge is -2.04. The lowest BCUT2D eigenvalue weighted by molar-refractivity contribution is 0.457. The van der Waals surface area contributed by atoms with Crippen molar-refractivity contribution < 1.29 is 0 Å². The second kappa shape index (κ2) is 4.62. The molecule has 0 aromatic carbocycles. The maximum absolute atomic E-state index is 3.58. The summed E-state index contributed by atoms with van der Waals surface area (Å²) in [4.78, 5) is 1.38. The maximum atomic E-state index is 3.58. The lowest BCUT2D eigenvalue weighted by atomic mass is 10.0. The number of nitrogens with one attached hydrogen (secondary N) is 1. The first kappa shape index (κ1) is 14.0. The van der Waals surface area contributed by atoms with Gasteiger partial charge in [0.15, 0.2) is 0 Å². The number of rotatable bonds is 4. The quantitative estimate of drug-likeness (QED) is 0.770. The van der Waals surface area contributed by atoms with Gasteiger partial charge in [-0.2, -0.15) is 0 Å². The summed E-state index contributed by atoms with van der Waals surface area (Å²) in [5, 5.41) is 3.58. The second-order valence-corrected chi connectivity index (χ2v) is 9.27. The summed E-state index contributed by atoms with van der Waals surface area (Å²) in [7, 11) is 0. The highest BCUT2D eigenvalue weighted by Gasteiger charge is 2.63. The van der Waals surface area contributed by atoms with Crippen LogP contribution in [0.2, 0.25) is 0 Å². The molecule has 1 aromatic rings. The van der Waals surface area contributed by atoms with Gasteiger partial charge < -0.3 is 5.32 Å². The fourth-order valence-corrected chi connectivity index (χ4v) is 4.81. The molecule has 4 heteroatoms. The molecule has 1 nitrogen and oxygen atoms in total. The van der Waals surface area contributed by atoms with Crippen molar-refractivity contribution in [1.29, 1.82) is 0 Å². The van der Waals surface area contributed by atoms with Crippen molar-refractivity contribution in [2.45, 2.75) is 34.2 Å². The molecule has 1 heterocycles. The molecule has 96 valence electrons. The van der Waals surface area contributed by atoms with Crippen LogP contribution in [0.1, 0.15) is 32.6 Å². The summed E-state index contributed by atoms with van der Waals surface area (Å²) in [6.07, 6.45) is 0. The van der Waals surface area contributed by atoms with Crippen molar-refractivity contribution in [3.05, 3.63) is 19.2 Å². The van der Waals surface area contributed by atoms with E-state index in [2.05, 4.69) is 70.9 Å². The van der Waals surface area contributed by atoms with Crippen LogP contribution < -0.4 is 5.32 Å². The summed E-state index contributed by atoms with van der Waals surface area (Å²) in [6.45, 7) is 11.6. The van der Waals surface area contributed by atoms with Gasteiger partial charge >= 0.3 is 0 Å². The maximum Gasteiger partial charge on any atom is 0.0843 e. The lowest BCUT2D eigenvalue weighted by Crippen LogP contribution is -2.18. The molecule has 1 N–H and O–H groups in total. The molecule has 0 saturated heterocycles. The van der Waals surface area contributed by atoms with Gasteiger partial charge in [-0.3, -0.25) is 0 Å². The Bertz CT molecular complexity index is 390. The van der Waals surface area contributed by atoms with Crippen LogP contribution in [0.3, 0.4) is 0 Å². The van der Waals surface area contributed by atoms with Crippen LogP contribution in [0.4, 0.5) is 0 Å². The smallest absolute Gasteiger partial charge is 0.0843 e. The van der Waals surface area contributed by atoms with E-state index in [1.807, 2.05) is 0 Å². The summed E-state index contributed by atoms with van der Waals surface area (Å²) in [5.41, 5.74) is 0.966. The van der Waals surface area contributed by atoms with E-state index in [1.165, 1.54) is 8.66 Å². The van der Waals surface area contributed by atoms with Crippen molar-refractivity contribution >= 4 is 43.2 Å². The Hall–Kier alpha value is 0.620. The second-order valence-electron chi connectivity index (χ2n) is 5.96. The summed E-state index contributed by atoms with van der Waals surface area (Å²) >= 11 is 8.84. The highest BCUT2D eigenvalue weighted by Crippen LogP contribution is 2.67. The first-order valence-corrected chi connectivity index (χ1v) is 8.31.